The smallest absolute Gasteiger partial charge is 0.162 e. The number of carbonyl (C=O) groups excluding carboxylic acids is 1. The Bertz CT molecular complexity index is 228. The van der Waals surface area contributed by atoms with E-state index in [0.29, 0.717) is 24.2 Å². The van der Waals surface area contributed by atoms with Crippen LogP contribution in [0.25, 0.3) is 0 Å². The van der Waals surface area contributed by atoms with Crippen LogP contribution in [0.2, 0.25) is 0 Å². The Morgan fingerprint density at radius 1 is 1.50 bits per heavy atom. The minimum Gasteiger partial charge on any atom is -0.385 e. The van der Waals surface area contributed by atoms with E-state index in [9.17, 15) is 4.79 Å². The van der Waals surface area contributed by atoms with Gasteiger partial charge in [0.25, 0.3) is 0 Å². The molecule has 12 heavy (non-hydrogen) atoms. The van der Waals surface area contributed by atoms with E-state index in [0.717, 1.165) is 11.3 Å². The van der Waals surface area contributed by atoms with E-state index in [4.69, 9.17) is 0 Å². The Labute approximate surface area is 74.0 Å². The van der Waals surface area contributed by atoms with Crippen molar-refractivity contribution >= 4 is 5.78 Å². The van der Waals surface area contributed by atoms with Crippen LogP contribution < -0.4 is 5.32 Å². The SMILES string of the molecule is CC1=C(C(C)C)C(=O)CC(C)N1. The van der Waals surface area contributed by atoms with Crippen molar-refractivity contribution in [3.63, 3.8) is 0 Å². The first-order chi connectivity index (χ1) is 5.52. The van der Waals surface area contributed by atoms with Gasteiger partial charge in [-0.15, -0.1) is 0 Å². The maximum absolute atomic E-state index is 11.6. The summed E-state index contributed by atoms with van der Waals surface area (Å²) < 4.78 is 0. The lowest BCUT2D eigenvalue weighted by Gasteiger charge is -2.26. The highest BCUT2D eigenvalue weighted by atomic mass is 16.1. The van der Waals surface area contributed by atoms with Crippen LogP contribution in [-0.4, -0.2) is 11.8 Å². The molecule has 68 valence electrons. The molecule has 0 amide bonds. The third-order valence-corrected chi connectivity index (χ3v) is 2.24. The van der Waals surface area contributed by atoms with Crippen molar-refractivity contribution in [3.8, 4) is 0 Å². The summed E-state index contributed by atoms with van der Waals surface area (Å²) in [5.74, 6) is 0.659. The van der Waals surface area contributed by atoms with Gasteiger partial charge in [0.15, 0.2) is 5.78 Å². The Hall–Kier alpha value is -0.790. The van der Waals surface area contributed by atoms with E-state index in [1.54, 1.807) is 0 Å². The molecule has 0 saturated heterocycles. The van der Waals surface area contributed by atoms with E-state index < -0.39 is 0 Å². The molecule has 2 heteroatoms. The van der Waals surface area contributed by atoms with Crippen LogP contribution in [0.3, 0.4) is 0 Å². The van der Waals surface area contributed by atoms with Crippen LogP contribution in [0.4, 0.5) is 0 Å². The van der Waals surface area contributed by atoms with Gasteiger partial charge in [-0.05, 0) is 19.8 Å². The highest BCUT2D eigenvalue weighted by Crippen LogP contribution is 2.21. The normalized spacial score (nSPS) is 24.8. The molecule has 2 nitrogen and oxygen atoms in total. The monoisotopic (exact) mass is 167 g/mol. The Balaban J connectivity index is 2.93. The molecular formula is C10H17NO. The molecule has 1 atom stereocenters. The van der Waals surface area contributed by atoms with Crippen LogP contribution in [-0.2, 0) is 4.79 Å². The number of hydrogen-bond donors (Lipinski definition) is 1. The van der Waals surface area contributed by atoms with E-state index in [2.05, 4.69) is 19.2 Å². The van der Waals surface area contributed by atoms with Crippen LogP contribution in [0.5, 0.6) is 0 Å². The number of hydrogen-bond acceptors (Lipinski definition) is 2. The van der Waals surface area contributed by atoms with Crippen molar-refractivity contribution < 1.29 is 4.79 Å². The standard InChI is InChI=1S/C10H17NO/c1-6(2)10-8(4)11-7(3)5-9(10)12/h6-7,11H,5H2,1-4H3. The van der Waals surface area contributed by atoms with Gasteiger partial charge >= 0.3 is 0 Å². The molecule has 0 radical (unpaired) electrons. The second kappa shape index (κ2) is 3.30. The molecule has 1 N–H and O–H groups in total. The molecule has 0 bridgehead atoms. The fourth-order valence-corrected chi connectivity index (χ4v) is 1.85. The lowest BCUT2D eigenvalue weighted by molar-refractivity contribution is -0.116. The first-order valence-electron chi connectivity index (χ1n) is 4.53. The van der Waals surface area contributed by atoms with Gasteiger partial charge in [0.05, 0.1) is 0 Å². The van der Waals surface area contributed by atoms with E-state index in [1.165, 1.54) is 0 Å². The Morgan fingerprint density at radius 2 is 2.08 bits per heavy atom. The zero-order valence-electron chi connectivity index (χ0n) is 8.27. The van der Waals surface area contributed by atoms with Crippen LogP contribution >= 0.6 is 0 Å². The van der Waals surface area contributed by atoms with Gasteiger partial charge in [0, 0.05) is 23.7 Å². The Kier molecular flexibility index (Phi) is 2.55. The zero-order valence-corrected chi connectivity index (χ0v) is 8.27. The van der Waals surface area contributed by atoms with Gasteiger partial charge in [-0.1, -0.05) is 13.8 Å². The second-order valence-electron chi connectivity index (χ2n) is 3.87. The molecule has 1 unspecified atom stereocenters. The molecular weight excluding hydrogens is 150 g/mol. The molecule has 0 spiro atoms. The summed E-state index contributed by atoms with van der Waals surface area (Å²) in [6, 6.07) is 0.306. The first-order valence-corrected chi connectivity index (χ1v) is 4.53. The van der Waals surface area contributed by atoms with Crippen molar-refractivity contribution in [3.05, 3.63) is 11.3 Å². The highest BCUT2D eigenvalue weighted by molar-refractivity contribution is 5.97. The third-order valence-electron chi connectivity index (χ3n) is 2.24. The van der Waals surface area contributed by atoms with Crippen molar-refractivity contribution in [1.82, 2.24) is 5.32 Å². The van der Waals surface area contributed by atoms with Crippen molar-refractivity contribution in [2.45, 2.75) is 40.2 Å². The van der Waals surface area contributed by atoms with Crippen LogP contribution in [0.15, 0.2) is 11.3 Å². The van der Waals surface area contributed by atoms with Gasteiger partial charge < -0.3 is 5.32 Å². The average Bonchev–Trinajstić information content (AvgIpc) is 1.82. The summed E-state index contributed by atoms with van der Waals surface area (Å²) in [6.07, 6.45) is 0.644. The maximum atomic E-state index is 11.6. The van der Waals surface area contributed by atoms with Crippen molar-refractivity contribution in [2.24, 2.45) is 5.92 Å². The average molecular weight is 167 g/mol. The number of Topliss-reactive ketones (excluding diaryl/α,β-unsaturated/α-hetero) is 1. The van der Waals surface area contributed by atoms with Gasteiger partial charge in [-0.25, -0.2) is 0 Å². The van der Waals surface area contributed by atoms with Crippen LogP contribution in [0.1, 0.15) is 34.1 Å². The van der Waals surface area contributed by atoms with E-state index >= 15 is 0 Å². The molecule has 0 aromatic rings. The number of allylic oxidation sites excluding steroid dienone is 2. The highest BCUT2D eigenvalue weighted by Gasteiger charge is 2.23. The predicted molar refractivity (Wildman–Crippen MR) is 49.8 cm³/mol. The first kappa shape index (κ1) is 9.30. The lowest BCUT2D eigenvalue weighted by Crippen LogP contribution is -2.35. The fourth-order valence-electron chi connectivity index (χ4n) is 1.85. The summed E-state index contributed by atoms with van der Waals surface area (Å²) >= 11 is 0. The van der Waals surface area contributed by atoms with Gasteiger partial charge in [-0.3, -0.25) is 4.79 Å². The molecule has 0 aromatic heterocycles. The summed E-state index contributed by atoms with van der Waals surface area (Å²) in [6.45, 7) is 8.16. The molecule has 0 fully saturated rings. The molecule has 0 aliphatic carbocycles. The number of carbonyl (C=O) groups is 1. The van der Waals surface area contributed by atoms with E-state index in [1.807, 2.05) is 13.8 Å². The summed E-state index contributed by atoms with van der Waals surface area (Å²) in [5.41, 5.74) is 2.04. The number of ketones is 1. The largest absolute Gasteiger partial charge is 0.385 e. The number of nitrogens with one attached hydrogen (secondary N) is 1. The number of rotatable bonds is 1. The molecule has 1 aliphatic heterocycles. The zero-order chi connectivity index (χ0) is 9.30. The second-order valence-corrected chi connectivity index (χ2v) is 3.87. The summed E-state index contributed by atoms with van der Waals surface area (Å²) in [4.78, 5) is 11.6. The topological polar surface area (TPSA) is 29.1 Å². The van der Waals surface area contributed by atoms with Crippen LogP contribution in [0, 0.1) is 5.92 Å². The minimum absolute atomic E-state index is 0.306. The van der Waals surface area contributed by atoms with Crippen molar-refractivity contribution in [1.29, 1.82) is 0 Å². The molecule has 1 aliphatic rings. The fraction of sp³-hybridized carbons (Fsp3) is 0.700. The van der Waals surface area contributed by atoms with E-state index in [-0.39, 0.29) is 0 Å². The Morgan fingerprint density at radius 3 is 2.50 bits per heavy atom. The molecule has 1 heterocycles. The minimum atomic E-state index is 0.306. The predicted octanol–water partition coefficient (Wildman–Crippen LogP) is 1.87. The van der Waals surface area contributed by atoms with Crippen molar-refractivity contribution in [2.75, 3.05) is 0 Å². The summed E-state index contributed by atoms with van der Waals surface area (Å²) in [5, 5.41) is 3.30. The third kappa shape index (κ3) is 1.68. The van der Waals surface area contributed by atoms with Gasteiger partial charge in [0.1, 0.15) is 0 Å². The molecule has 0 saturated carbocycles. The molecule has 1 rings (SSSR count). The summed E-state index contributed by atoms with van der Waals surface area (Å²) in [7, 11) is 0. The molecule has 0 aromatic carbocycles. The lowest BCUT2D eigenvalue weighted by atomic mass is 9.90. The van der Waals surface area contributed by atoms with Gasteiger partial charge in [0.2, 0.25) is 0 Å². The quantitative estimate of drug-likeness (QED) is 0.646. The van der Waals surface area contributed by atoms with Gasteiger partial charge in [-0.2, -0.15) is 0 Å². The maximum Gasteiger partial charge on any atom is 0.162 e.